The minimum Gasteiger partial charge on any atom is -0.353 e. The molecule has 1 aromatic carbocycles. The number of benzene rings is 1. The number of sulfonamides is 1. The van der Waals surface area contributed by atoms with E-state index in [4.69, 9.17) is 0 Å². The number of thiophene rings is 1. The molecule has 0 fully saturated rings. The number of amides is 1. The molecule has 1 amide bonds. The number of aliphatic imine (C=N–C) groups is 1. The van der Waals surface area contributed by atoms with Gasteiger partial charge in [0.25, 0.3) is 10.0 Å². The number of rotatable bonds is 6. The Morgan fingerprint density at radius 3 is 2.73 bits per heavy atom. The molecular formula is C17H20N4O3S2. The SMILES string of the molecule is CN(C)C(CNC(=O)CN=C1NS(=O)(=O)c2ccccc21)c1cccs1. The molecular weight excluding hydrogens is 372 g/mol. The molecule has 2 aromatic rings. The number of likely N-dealkylation sites (N-methyl/N-ethyl adjacent to an activating group) is 1. The number of hydrogen-bond acceptors (Lipinski definition) is 6. The molecule has 138 valence electrons. The van der Waals surface area contributed by atoms with E-state index in [1.165, 1.54) is 10.9 Å². The highest BCUT2D eigenvalue weighted by atomic mass is 32.2. The molecule has 1 aromatic heterocycles. The van der Waals surface area contributed by atoms with E-state index in [-0.39, 0.29) is 29.2 Å². The number of amidine groups is 1. The highest BCUT2D eigenvalue weighted by Gasteiger charge is 2.30. The van der Waals surface area contributed by atoms with Crippen molar-refractivity contribution in [2.24, 2.45) is 4.99 Å². The van der Waals surface area contributed by atoms with Gasteiger partial charge in [-0.1, -0.05) is 18.2 Å². The van der Waals surface area contributed by atoms with Gasteiger partial charge in [0.05, 0.1) is 10.9 Å². The summed E-state index contributed by atoms with van der Waals surface area (Å²) in [6, 6.07) is 10.7. The second-order valence-electron chi connectivity index (χ2n) is 6.07. The third-order valence-corrected chi connectivity index (χ3v) is 6.40. The molecule has 0 saturated heterocycles. The van der Waals surface area contributed by atoms with Crippen molar-refractivity contribution in [2.45, 2.75) is 10.9 Å². The van der Waals surface area contributed by atoms with Crippen LogP contribution in [0.2, 0.25) is 0 Å². The number of fused-ring (bicyclic) bond motifs is 1. The lowest BCUT2D eigenvalue weighted by Gasteiger charge is -2.23. The molecule has 1 aliphatic rings. The van der Waals surface area contributed by atoms with Gasteiger partial charge < -0.3 is 10.2 Å². The van der Waals surface area contributed by atoms with E-state index in [2.05, 4.69) is 15.0 Å². The first-order chi connectivity index (χ1) is 12.4. The second-order valence-corrected chi connectivity index (χ2v) is 8.70. The van der Waals surface area contributed by atoms with Crippen LogP contribution in [-0.2, 0) is 14.8 Å². The molecule has 0 bridgehead atoms. The Bertz CT molecular complexity index is 921. The number of nitrogens with zero attached hydrogens (tertiary/aromatic N) is 2. The average molecular weight is 393 g/mol. The van der Waals surface area contributed by atoms with Gasteiger partial charge >= 0.3 is 0 Å². The van der Waals surface area contributed by atoms with Crippen LogP contribution in [0.3, 0.4) is 0 Å². The topological polar surface area (TPSA) is 90.9 Å². The van der Waals surface area contributed by atoms with Crippen LogP contribution in [0.1, 0.15) is 16.5 Å². The fourth-order valence-electron chi connectivity index (χ4n) is 2.69. The number of carbonyl (C=O) groups excluding carboxylic acids is 1. The van der Waals surface area contributed by atoms with Crippen LogP contribution in [0.15, 0.2) is 51.7 Å². The van der Waals surface area contributed by atoms with Crippen molar-refractivity contribution >= 4 is 33.1 Å². The lowest BCUT2D eigenvalue weighted by Crippen LogP contribution is -2.35. The van der Waals surface area contributed by atoms with Crippen molar-refractivity contribution in [1.82, 2.24) is 14.9 Å². The van der Waals surface area contributed by atoms with Gasteiger partial charge in [0, 0.05) is 17.0 Å². The monoisotopic (exact) mass is 392 g/mol. The predicted molar refractivity (Wildman–Crippen MR) is 102 cm³/mol. The van der Waals surface area contributed by atoms with Crippen LogP contribution >= 0.6 is 11.3 Å². The zero-order valence-electron chi connectivity index (χ0n) is 14.5. The first kappa shape index (κ1) is 18.6. The first-order valence-corrected chi connectivity index (χ1v) is 10.4. The smallest absolute Gasteiger partial charge is 0.263 e. The quantitative estimate of drug-likeness (QED) is 0.773. The summed E-state index contributed by atoms with van der Waals surface area (Å²) in [6.45, 7) is 0.316. The maximum atomic E-state index is 12.2. The van der Waals surface area contributed by atoms with Crippen molar-refractivity contribution in [3.8, 4) is 0 Å². The molecule has 9 heteroatoms. The summed E-state index contributed by atoms with van der Waals surface area (Å²) in [4.78, 5) is 19.7. The summed E-state index contributed by atoms with van der Waals surface area (Å²) in [5.74, 6) is -0.0531. The van der Waals surface area contributed by atoms with E-state index >= 15 is 0 Å². The normalized spacial score (nSPS) is 17.7. The van der Waals surface area contributed by atoms with E-state index in [1.54, 1.807) is 29.5 Å². The van der Waals surface area contributed by atoms with Gasteiger partial charge in [0.2, 0.25) is 5.91 Å². The zero-order chi connectivity index (χ0) is 18.7. The zero-order valence-corrected chi connectivity index (χ0v) is 16.1. The van der Waals surface area contributed by atoms with Crippen LogP contribution in [0, 0.1) is 0 Å². The Morgan fingerprint density at radius 1 is 1.27 bits per heavy atom. The third kappa shape index (κ3) is 3.95. The summed E-state index contributed by atoms with van der Waals surface area (Å²) in [5.41, 5.74) is 0.491. The first-order valence-electron chi connectivity index (χ1n) is 8.01. The Labute approximate surface area is 156 Å². The van der Waals surface area contributed by atoms with E-state index in [1.807, 2.05) is 36.5 Å². The Morgan fingerprint density at radius 2 is 2.04 bits per heavy atom. The van der Waals surface area contributed by atoms with E-state index < -0.39 is 10.0 Å². The van der Waals surface area contributed by atoms with Gasteiger partial charge in [-0.3, -0.25) is 14.5 Å². The van der Waals surface area contributed by atoms with Crippen molar-refractivity contribution in [2.75, 3.05) is 27.2 Å². The molecule has 3 rings (SSSR count). The van der Waals surface area contributed by atoms with Crippen LogP contribution in [0.25, 0.3) is 0 Å². The standard InChI is InChI=1S/C17H20N4O3S2/c1-21(2)13(14-7-5-9-25-14)10-18-16(22)11-19-17-12-6-3-4-8-15(12)26(23,24)20-17/h3-9,13H,10-11H2,1-2H3,(H,18,22)(H,19,20). The molecule has 7 nitrogen and oxygen atoms in total. The average Bonchev–Trinajstić information content (AvgIpc) is 3.20. The highest BCUT2D eigenvalue weighted by Crippen LogP contribution is 2.23. The molecule has 0 saturated carbocycles. The molecule has 1 atom stereocenters. The summed E-state index contributed by atoms with van der Waals surface area (Å²) in [7, 11) is 0.332. The molecule has 0 radical (unpaired) electrons. The Hall–Kier alpha value is -2.23. The number of nitrogens with one attached hydrogen (secondary N) is 2. The third-order valence-electron chi connectivity index (χ3n) is 4.03. The van der Waals surface area contributed by atoms with E-state index in [0.717, 1.165) is 0 Å². The number of hydrogen-bond donors (Lipinski definition) is 2. The highest BCUT2D eigenvalue weighted by molar-refractivity contribution is 7.90. The van der Waals surface area contributed by atoms with Crippen molar-refractivity contribution in [3.63, 3.8) is 0 Å². The summed E-state index contributed by atoms with van der Waals surface area (Å²) in [5, 5.41) is 4.87. The minimum atomic E-state index is -3.59. The second kappa shape index (κ2) is 7.56. The predicted octanol–water partition coefficient (Wildman–Crippen LogP) is 1.21. The van der Waals surface area contributed by atoms with Gasteiger partial charge in [0.15, 0.2) is 0 Å². The molecule has 0 spiro atoms. The van der Waals surface area contributed by atoms with E-state index in [0.29, 0.717) is 12.1 Å². The van der Waals surface area contributed by atoms with Crippen LogP contribution in [0.4, 0.5) is 0 Å². The molecule has 2 N–H and O–H groups in total. The Balaban J connectivity index is 1.64. The maximum absolute atomic E-state index is 12.2. The fraction of sp³-hybridized carbons (Fsp3) is 0.294. The molecule has 26 heavy (non-hydrogen) atoms. The lowest BCUT2D eigenvalue weighted by molar-refractivity contribution is -0.119. The van der Waals surface area contributed by atoms with Crippen LogP contribution in [0.5, 0.6) is 0 Å². The van der Waals surface area contributed by atoms with Gasteiger partial charge in [-0.2, -0.15) is 0 Å². The molecule has 2 heterocycles. The van der Waals surface area contributed by atoms with Gasteiger partial charge in [-0.25, -0.2) is 8.42 Å². The fourth-order valence-corrected chi connectivity index (χ4v) is 4.86. The van der Waals surface area contributed by atoms with E-state index in [9.17, 15) is 13.2 Å². The molecule has 0 aliphatic carbocycles. The maximum Gasteiger partial charge on any atom is 0.263 e. The van der Waals surface area contributed by atoms with Gasteiger partial charge in [-0.05, 0) is 37.7 Å². The van der Waals surface area contributed by atoms with Crippen LogP contribution < -0.4 is 10.0 Å². The van der Waals surface area contributed by atoms with Crippen LogP contribution in [-0.4, -0.2) is 52.2 Å². The largest absolute Gasteiger partial charge is 0.353 e. The Kier molecular flexibility index (Phi) is 5.40. The summed E-state index contributed by atoms with van der Waals surface area (Å²) < 4.78 is 26.5. The molecule has 1 unspecified atom stereocenters. The summed E-state index contributed by atoms with van der Waals surface area (Å²) in [6.07, 6.45) is 0. The molecule has 1 aliphatic heterocycles. The van der Waals surface area contributed by atoms with Crippen molar-refractivity contribution in [1.29, 1.82) is 0 Å². The van der Waals surface area contributed by atoms with Crippen molar-refractivity contribution in [3.05, 3.63) is 52.2 Å². The van der Waals surface area contributed by atoms with Gasteiger partial charge in [-0.15, -0.1) is 11.3 Å². The summed E-state index contributed by atoms with van der Waals surface area (Å²) >= 11 is 1.64. The minimum absolute atomic E-state index is 0.0808. The van der Waals surface area contributed by atoms with Gasteiger partial charge in [0.1, 0.15) is 12.4 Å². The lowest BCUT2D eigenvalue weighted by atomic mass is 10.2. The van der Waals surface area contributed by atoms with Crippen molar-refractivity contribution < 1.29 is 13.2 Å². The number of carbonyl (C=O) groups is 1.